The highest BCUT2D eigenvalue weighted by atomic mass is 16.5. The van der Waals surface area contributed by atoms with E-state index in [0.717, 1.165) is 51.0 Å². The van der Waals surface area contributed by atoms with Crippen LogP contribution in [0.3, 0.4) is 0 Å². The van der Waals surface area contributed by atoms with Crippen molar-refractivity contribution >= 4 is 11.8 Å². The molecule has 4 rings (SSSR count). The van der Waals surface area contributed by atoms with E-state index in [4.69, 9.17) is 14.5 Å². The minimum Gasteiger partial charge on any atom is -0.377 e. The summed E-state index contributed by atoms with van der Waals surface area (Å²) >= 11 is 0. The lowest BCUT2D eigenvalue weighted by atomic mass is 9.57. The third-order valence-electron chi connectivity index (χ3n) is 6.53. The molecule has 3 aliphatic rings. The standard InChI is InChI=1S/C22H35N5O2/c1-5-23-21(26-19-17-7-10-29-20(17)22(19,3)4)25-13-16-6-8-24-18(12-16)27-9-11-28-15(2)14-27/h6,8,12,15,17,19-20H,5,7,9-11,13-14H2,1-4H3,(H2,23,25,26). The molecule has 0 bridgehead atoms. The molecule has 1 saturated carbocycles. The molecule has 2 N–H and O–H groups in total. The van der Waals surface area contributed by atoms with Crippen molar-refractivity contribution in [2.24, 2.45) is 16.3 Å². The third kappa shape index (κ3) is 4.21. The number of pyridine rings is 1. The molecule has 4 unspecified atom stereocenters. The summed E-state index contributed by atoms with van der Waals surface area (Å²) < 4.78 is 11.6. The van der Waals surface area contributed by atoms with Crippen LogP contribution in [-0.2, 0) is 16.0 Å². The second kappa shape index (κ2) is 8.48. The van der Waals surface area contributed by atoms with Gasteiger partial charge in [-0.25, -0.2) is 9.98 Å². The number of hydrogen-bond donors (Lipinski definition) is 2. The molecular formula is C22H35N5O2. The molecule has 3 heterocycles. The van der Waals surface area contributed by atoms with E-state index in [1.54, 1.807) is 0 Å². The Labute approximate surface area is 174 Å². The van der Waals surface area contributed by atoms with Gasteiger partial charge in [-0.1, -0.05) is 13.8 Å². The Bertz CT molecular complexity index is 738. The number of fused-ring (bicyclic) bond motifs is 1. The lowest BCUT2D eigenvalue weighted by Gasteiger charge is -2.54. The maximum absolute atomic E-state index is 5.93. The zero-order valence-corrected chi connectivity index (χ0v) is 18.1. The van der Waals surface area contributed by atoms with Gasteiger partial charge in [0.15, 0.2) is 5.96 Å². The monoisotopic (exact) mass is 401 g/mol. The zero-order valence-electron chi connectivity index (χ0n) is 18.1. The number of guanidine groups is 1. The molecule has 0 spiro atoms. The summed E-state index contributed by atoms with van der Waals surface area (Å²) in [7, 11) is 0. The molecule has 7 nitrogen and oxygen atoms in total. The van der Waals surface area contributed by atoms with Gasteiger partial charge in [-0.2, -0.15) is 0 Å². The fourth-order valence-corrected chi connectivity index (χ4v) is 5.01. The van der Waals surface area contributed by atoms with Crippen LogP contribution in [-0.4, -0.2) is 62.0 Å². The average molecular weight is 402 g/mol. The van der Waals surface area contributed by atoms with Crippen molar-refractivity contribution < 1.29 is 9.47 Å². The molecule has 1 aromatic rings. The second-order valence-electron chi connectivity index (χ2n) is 9.03. The molecule has 4 atom stereocenters. The highest BCUT2D eigenvalue weighted by molar-refractivity contribution is 5.80. The van der Waals surface area contributed by atoms with Gasteiger partial charge < -0.3 is 25.0 Å². The SMILES string of the molecule is CCNC(=NCc1ccnc(N2CCOC(C)C2)c1)NC1C2CCOC2C1(C)C. The number of aliphatic imine (C=N–C) groups is 1. The molecule has 2 aliphatic heterocycles. The first-order valence-electron chi connectivity index (χ1n) is 11.0. The normalized spacial score (nSPS) is 31.2. The Kier molecular flexibility index (Phi) is 5.97. The Morgan fingerprint density at radius 2 is 2.21 bits per heavy atom. The Balaban J connectivity index is 1.42. The maximum Gasteiger partial charge on any atom is 0.191 e. The molecule has 3 fully saturated rings. The first-order chi connectivity index (χ1) is 14.0. The molecule has 0 radical (unpaired) electrons. The minimum atomic E-state index is 0.133. The smallest absolute Gasteiger partial charge is 0.191 e. The number of anilines is 1. The summed E-state index contributed by atoms with van der Waals surface area (Å²) in [6.07, 6.45) is 3.64. The number of morpholine rings is 1. The molecule has 29 heavy (non-hydrogen) atoms. The molecule has 7 heteroatoms. The molecular weight excluding hydrogens is 366 g/mol. The van der Waals surface area contributed by atoms with Crippen LogP contribution in [0.25, 0.3) is 0 Å². The summed E-state index contributed by atoms with van der Waals surface area (Å²) in [5.41, 5.74) is 1.30. The first kappa shape index (κ1) is 20.4. The minimum absolute atomic E-state index is 0.133. The van der Waals surface area contributed by atoms with Crippen molar-refractivity contribution in [3.63, 3.8) is 0 Å². The molecule has 0 aromatic carbocycles. The summed E-state index contributed by atoms with van der Waals surface area (Å²) in [6.45, 7) is 13.7. The van der Waals surface area contributed by atoms with Gasteiger partial charge in [-0.15, -0.1) is 0 Å². The quantitative estimate of drug-likeness (QED) is 0.582. The van der Waals surface area contributed by atoms with Crippen LogP contribution >= 0.6 is 0 Å². The van der Waals surface area contributed by atoms with Crippen molar-refractivity contribution in [1.82, 2.24) is 15.6 Å². The predicted molar refractivity (Wildman–Crippen MR) is 115 cm³/mol. The Hall–Kier alpha value is -1.86. The van der Waals surface area contributed by atoms with E-state index in [1.165, 1.54) is 5.56 Å². The van der Waals surface area contributed by atoms with Crippen molar-refractivity contribution in [2.75, 3.05) is 37.7 Å². The fraction of sp³-hybridized carbons (Fsp3) is 0.727. The van der Waals surface area contributed by atoms with Gasteiger partial charge in [-0.3, -0.25) is 0 Å². The number of ether oxygens (including phenoxy) is 2. The van der Waals surface area contributed by atoms with Crippen LogP contribution < -0.4 is 15.5 Å². The number of nitrogens with one attached hydrogen (secondary N) is 2. The summed E-state index contributed by atoms with van der Waals surface area (Å²) in [4.78, 5) is 11.7. The van der Waals surface area contributed by atoms with Gasteiger partial charge >= 0.3 is 0 Å². The van der Waals surface area contributed by atoms with Gasteiger partial charge in [-0.05, 0) is 38.0 Å². The lowest BCUT2D eigenvalue weighted by Crippen LogP contribution is -2.67. The van der Waals surface area contributed by atoms with Crippen molar-refractivity contribution in [2.45, 2.75) is 58.9 Å². The largest absolute Gasteiger partial charge is 0.377 e. The topological polar surface area (TPSA) is 71.0 Å². The zero-order chi connectivity index (χ0) is 20.4. The summed E-state index contributed by atoms with van der Waals surface area (Å²) in [5, 5.41) is 7.10. The van der Waals surface area contributed by atoms with E-state index in [-0.39, 0.29) is 11.5 Å². The molecule has 0 amide bonds. The van der Waals surface area contributed by atoms with E-state index in [0.29, 0.717) is 24.6 Å². The van der Waals surface area contributed by atoms with Crippen LogP contribution in [0.2, 0.25) is 0 Å². The number of nitrogens with zero attached hydrogens (tertiary/aromatic N) is 3. The van der Waals surface area contributed by atoms with Gasteiger partial charge in [0.05, 0.1) is 25.4 Å². The second-order valence-corrected chi connectivity index (χ2v) is 9.03. The lowest BCUT2D eigenvalue weighted by molar-refractivity contribution is -0.106. The molecule has 160 valence electrons. The van der Waals surface area contributed by atoms with Crippen LogP contribution in [0.4, 0.5) is 5.82 Å². The summed E-state index contributed by atoms with van der Waals surface area (Å²) in [6, 6.07) is 4.60. The highest BCUT2D eigenvalue weighted by Gasteiger charge is 2.59. The van der Waals surface area contributed by atoms with E-state index in [9.17, 15) is 0 Å². The fourth-order valence-electron chi connectivity index (χ4n) is 5.01. The predicted octanol–water partition coefficient (Wildman–Crippen LogP) is 2.18. The van der Waals surface area contributed by atoms with E-state index in [2.05, 4.69) is 60.3 Å². The third-order valence-corrected chi connectivity index (χ3v) is 6.53. The van der Waals surface area contributed by atoms with Gasteiger partial charge in [0, 0.05) is 49.8 Å². The van der Waals surface area contributed by atoms with Crippen molar-refractivity contribution in [1.29, 1.82) is 0 Å². The van der Waals surface area contributed by atoms with Crippen LogP contribution in [0.1, 0.15) is 39.7 Å². The summed E-state index contributed by atoms with van der Waals surface area (Å²) in [5.74, 6) is 2.48. The first-order valence-corrected chi connectivity index (χ1v) is 11.0. The molecule has 1 aromatic heterocycles. The maximum atomic E-state index is 5.93. The van der Waals surface area contributed by atoms with Gasteiger partial charge in [0.25, 0.3) is 0 Å². The van der Waals surface area contributed by atoms with Crippen LogP contribution in [0.5, 0.6) is 0 Å². The number of rotatable bonds is 5. The van der Waals surface area contributed by atoms with Crippen molar-refractivity contribution in [3.8, 4) is 0 Å². The van der Waals surface area contributed by atoms with E-state index < -0.39 is 0 Å². The highest BCUT2D eigenvalue weighted by Crippen LogP contribution is 2.52. The average Bonchev–Trinajstić information content (AvgIpc) is 3.17. The van der Waals surface area contributed by atoms with Crippen LogP contribution in [0.15, 0.2) is 23.3 Å². The molecule has 2 saturated heterocycles. The Morgan fingerprint density at radius 1 is 1.34 bits per heavy atom. The van der Waals surface area contributed by atoms with Gasteiger partial charge in [0.2, 0.25) is 0 Å². The Morgan fingerprint density at radius 3 is 3.00 bits per heavy atom. The molecule has 1 aliphatic carbocycles. The number of hydrogen-bond acceptors (Lipinski definition) is 5. The van der Waals surface area contributed by atoms with Crippen molar-refractivity contribution in [3.05, 3.63) is 23.9 Å². The number of aromatic nitrogens is 1. The van der Waals surface area contributed by atoms with E-state index in [1.807, 2.05) is 6.20 Å². The van der Waals surface area contributed by atoms with Gasteiger partial charge in [0.1, 0.15) is 5.82 Å². The van der Waals surface area contributed by atoms with E-state index >= 15 is 0 Å². The van der Waals surface area contributed by atoms with Crippen LogP contribution in [0, 0.1) is 11.3 Å².